The molecule has 0 saturated heterocycles. The van der Waals surface area contributed by atoms with Crippen LogP contribution in [-0.4, -0.2) is 16.1 Å². The van der Waals surface area contributed by atoms with Gasteiger partial charge in [-0.25, -0.2) is 4.98 Å². The number of hydrogen-bond acceptors (Lipinski definition) is 3. The van der Waals surface area contributed by atoms with Gasteiger partial charge in [-0.1, -0.05) is 0 Å². The molecule has 1 N–H and O–H groups in total. The molecule has 1 rings (SSSR count). The maximum Gasteiger partial charge on any atom is 0.313 e. The fraction of sp³-hybridized carbons (Fsp3) is 0.429. The largest absolute Gasteiger partial charge is 0.481 e. The highest BCUT2D eigenvalue weighted by atomic mass is 19.3. The lowest BCUT2D eigenvalue weighted by Gasteiger charge is -1.99. The van der Waals surface area contributed by atoms with Gasteiger partial charge in [0.1, 0.15) is 11.7 Å². The van der Waals surface area contributed by atoms with Gasteiger partial charge in [0, 0.05) is 0 Å². The average molecular weight is 191 g/mol. The van der Waals surface area contributed by atoms with Crippen molar-refractivity contribution in [2.75, 3.05) is 0 Å². The molecule has 0 radical (unpaired) electrons. The summed E-state index contributed by atoms with van der Waals surface area (Å²) in [5.74, 6) is -2.91. The van der Waals surface area contributed by atoms with E-state index in [0.29, 0.717) is 0 Å². The van der Waals surface area contributed by atoms with Gasteiger partial charge in [-0.2, -0.15) is 8.78 Å². The highest BCUT2D eigenvalue weighted by molar-refractivity contribution is 5.74. The summed E-state index contributed by atoms with van der Waals surface area (Å²) in [6, 6.07) is 0. The first-order valence-electron chi connectivity index (χ1n) is 3.49. The van der Waals surface area contributed by atoms with E-state index in [1.165, 1.54) is 6.92 Å². The van der Waals surface area contributed by atoms with Crippen LogP contribution in [0.2, 0.25) is 0 Å². The summed E-state index contributed by atoms with van der Waals surface area (Å²) >= 11 is 0. The Morgan fingerprint density at radius 1 is 1.69 bits per heavy atom. The minimum absolute atomic E-state index is 0.0669. The number of halogens is 2. The Bertz CT molecular complexity index is 310. The molecule has 13 heavy (non-hydrogen) atoms. The molecule has 1 unspecified atom stereocenters. The zero-order valence-electron chi connectivity index (χ0n) is 6.70. The first-order chi connectivity index (χ1) is 6.02. The van der Waals surface area contributed by atoms with Gasteiger partial charge in [0.2, 0.25) is 0 Å². The Morgan fingerprint density at radius 3 is 2.69 bits per heavy atom. The van der Waals surface area contributed by atoms with E-state index in [1.807, 2.05) is 0 Å². The predicted octanol–water partition coefficient (Wildman–Crippen LogP) is 1.80. The minimum Gasteiger partial charge on any atom is -0.481 e. The number of rotatable bonds is 3. The van der Waals surface area contributed by atoms with Crippen molar-refractivity contribution in [1.82, 2.24) is 4.98 Å². The highest BCUT2D eigenvalue weighted by Gasteiger charge is 2.21. The molecule has 0 bridgehead atoms. The van der Waals surface area contributed by atoms with Crippen molar-refractivity contribution < 1.29 is 23.1 Å². The van der Waals surface area contributed by atoms with Gasteiger partial charge in [0.15, 0.2) is 0 Å². The molecule has 72 valence electrons. The second-order valence-electron chi connectivity index (χ2n) is 2.46. The van der Waals surface area contributed by atoms with Crippen molar-refractivity contribution in [2.45, 2.75) is 19.3 Å². The van der Waals surface area contributed by atoms with Crippen molar-refractivity contribution >= 4 is 5.97 Å². The molecule has 0 aromatic carbocycles. The second-order valence-corrected chi connectivity index (χ2v) is 2.46. The van der Waals surface area contributed by atoms with Crippen LogP contribution in [0.4, 0.5) is 8.78 Å². The SMILES string of the molecule is CC(C(=O)O)c1cnc(C(F)F)o1. The molecular formula is C7H7F2NO3. The predicted molar refractivity (Wildman–Crippen MR) is 37.5 cm³/mol. The number of hydrogen-bond donors (Lipinski definition) is 1. The first kappa shape index (κ1) is 9.63. The molecule has 1 aromatic rings. The Hall–Kier alpha value is -1.46. The van der Waals surface area contributed by atoms with Crippen molar-refractivity contribution in [3.8, 4) is 0 Å². The third-order valence-corrected chi connectivity index (χ3v) is 1.53. The number of carboxylic acids is 1. The molecule has 0 spiro atoms. The van der Waals surface area contributed by atoms with Crippen LogP contribution in [0.1, 0.15) is 30.9 Å². The molecule has 0 saturated carbocycles. The summed E-state index contributed by atoms with van der Waals surface area (Å²) in [4.78, 5) is 13.6. The fourth-order valence-corrected chi connectivity index (χ4v) is 0.723. The summed E-state index contributed by atoms with van der Waals surface area (Å²) in [5.41, 5.74) is 0. The van der Waals surface area contributed by atoms with E-state index in [4.69, 9.17) is 5.11 Å². The number of carboxylic acid groups (broad SMARTS) is 1. The summed E-state index contributed by atoms with van der Waals surface area (Å²) in [6.07, 6.45) is -1.81. The number of aromatic nitrogens is 1. The van der Waals surface area contributed by atoms with Crippen LogP contribution in [0.3, 0.4) is 0 Å². The van der Waals surface area contributed by atoms with E-state index >= 15 is 0 Å². The zero-order valence-corrected chi connectivity index (χ0v) is 6.70. The van der Waals surface area contributed by atoms with Gasteiger partial charge in [-0.05, 0) is 6.92 Å². The van der Waals surface area contributed by atoms with Crippen molar-refractivity contribution in [2.24, 2.45) is 0 Å². The molecule has 1 aromatic heterocycles. The zero-order chi connectivity index (χ0) is 10.0. The smallest absolute Gasteiger partial charge is 0.313 e. The average Bonchev–Trinajstić information content (AvgIpc) is 2.50. The molecular weight excluding hydrogens is 184 g/mol. The molecule has 4 nitrogen and oxygen atoms in total. The van der Waals surface area contributed by atoms with Crippen molar-refractivity contribution in [3.63, 3.8) is 0 Å². The topological polar surface area (TPSA) is 63.3 Å². The highest BCUT2D eigenvalue weighted by Crippen LogP contribution is 2.22. The van der Waals surface area contributed by atoms with E-state index < -0.39 is 24.2 Å². The Labute approximate surface area is 72.2 Å². The second kappa shape index (κ2) is 3.51. The molecule has 1 heterocycles. The number of carbonyl (C=O) groups is 1. The molecule has 0 aliphatic heterocycles. The summed E-state index contributed by atoms with van der Waals surface area (Å²) in [5, 5.41) is 8.51. The molecule has 0 fully saturated rings. The first-order valence-corrected chi connectivity index (χ1v) is 3.49. The summed E-state index contributed by atoms with van der Waals surface area (Å²) in [6.45, 7) is 1.33. The van der Waals surface area contributed by atoms with Crippen LogP contribution in [0.15, 0.2) is 10.6 Å². The Kier molecular flexibility index (Phi) is 2.60. The van der Waals surface area contributed by atoms with Crippen LogP contribution in [0.25, 0.3) is 0 Å². The number of aliphatic carboxylic acids is 1. The lowest BCUT2D eigenvalue weighted by atomic mass is 10.1. The summed E-state index contributed by atoms with van der Waals surface area (Å²) < 4.78 is 28.4. The molecule has 0 amide bonds. The van der Waals surface area contributed by atoms with Gasteiger partial charge >= 0.3 is 12.4 Å². The maximum absolute atomic E-state index is 11.9. The van der Waals surface area contributed by atoms with E-state index in [1.54, 1.807) is 0 Å². The Balaban J connectivity index is 2.85. The van der Waals surface area contributed by atoms with Gasteiger partial charge in [0.05, 0.1) is 6.20 Å². The van der Waals surface area contributed by atoms with E-state index in [0.717, 1.165) is 6.20 Å². The van der Waals surface area contributed by atoms with Gasteiger partial charge in [-0.15, -0.1) is 0 Å². The lowest BCUT2D eigenvalue weighted by molar-refractivity contribution is -0.138. The molecule has 0 aliphatic carbocycles. The van der Waals surface area contributed by atoms with Crippen LogP contribution >= 0.6 is 0 Å². The number of alkyl halides is 2. The third kappa shape index (κ3) is 2.01. The molecule has 6 heteroatoms. The van der Waals surface area contributed by atoms with E-state index in [9.17, 15) is 13.6 Å². The van der Waals surface area contributed by atoms with Gasteiger partial charge in [-0.3, -0.25) is 4.79 Å². The van der Waals surface area contributed by atoms with Crippen LogP contribution in [0.5, 0.6) is 0 Å². The monoisotopic (exact) mass is 191 g/mol. The quantitative estimate of drug-likeness (QED) is 0.791. The van der Waals surface area contributed by atoms with Crippen LogP contribution in [0, 0.1) is 0 Å². The normalized spacial score (nSPS) is 13.2. The van der Waals surface area contributed by atoms with Crippen molar-refractivity contribution in [3.05, 3.63) is 17.8 Å². The fourth-order valence-electron chi connectivity index (χ4n) is 0.723. The minimum atomic E-state index is -2.81. The van der Waals surface area contributed by atoms with Gasteiger partial charge < -0.3 is 9.52 Å². The standard InChI is InChI=1S/C7H7F2NO3/c1-3(7(11)12)4-2-10-6(13-4)5(8)9/h2-3,5H,1H3,(H,11,12). The van der Waals surface area contributed by atoms with E-state index in [-0.39, 0.29) is 5.76 Å². The van der Waals surface area contributed by atoms with Gasteiger partial charge in [0.25, 0.3) is 5.89 Å². The van der Waals surface area contributed by atoms with Crippen LogP contribution < -0.4 is 0 Å². The Morgan fingerprint density at radius 2 is 2.31 bits per heavy atom. The molecule has 0 aliphatic rings. The lowest BCUT2D eigenvalue weighted by Crippen LogP contribution is -2.05. The van der Waals surface area contributed by atoms with Crippen LogP contribution in [-0.2, 0) is 4.79 Å². The number of nitrogens with zero attached hydrogens (tertiary/aromatic N) is 1. The maximum atomic E-state index is 11.9. The molecule has 1 atom stereocenters. The third-order valence-electron chi connectivity index (χ3n) is 1.53. The summed E-state index contributed by atoms with van der Waals surface area (Å²) in [7, 11) is 0. The van der Waals surface area contributed by atoms with Crippen molar-refractivity contribution in [1.29, 1.82) is 0 Å². The number of oxazole rings is 1. The van der Waals surface area contributed by atoms with E-state index in [2.05, 4.69) is 9.40 Å².